The number of aliphatic hydroxyl groups excluding tert-OH is 1. The largest absolute Gasteiger partial charge is 0.392 e. The summed E-state index contributed by atoms with van der Waals surface area (Å²) >= 11 is 0. The second-order valence-electron chi connectivity index (χ2n) is 6.17. The highest BCUT2D eigenvalue weighted by atomic mass is 16.3. The van der Waals surface area contributed by atoms with Crippen LogP contribution in [0, 0.1) is 11.3 Å². The highest BCUT2D eigenvalue weighted by Crippen LogP contribution is 2.47. The van der Waals surface area contributed by atoms with Gasteiger partial charge in [0.05, 0.1) is 17.6 Å². The van der Waals surface area contributed by atoms with Gasteiger partial charge in [-0.15, -0.1) is 0 Å². The summed E-state index contributed by atoms with van der Waals surface area (Å²) in [6.45, 7) is 5.86. The molecule has 1 aromatic carbocycles. The van der Waals surface area contributed by atoms with E-state index in [1.165, 1.54) is 0 Å². The van der Waals surface area contributed by atoms with Crippen LogP contribution in [-0.2, 0) is 5.41 Å². The Morgan fingerprint density at radius 3 is 2.29 bits per heavy atom. The first-order valence-corrected chi connectivity index (χ1v) is 7.40. The van der Waals surface area contributed by atoms with Crippen LogP contribution in [0.15, 0.2) is 24.3 Å². The lowest BCUT2D eigenvalue weighted by Gasteiger charge is -2.28. The van der Waals surface area contributed by atoms with E-state index in [1.807, 2.05) is 26.0 Å². The van der Waals surface area contributed by atoms with Crippen LogP contribution in [-0.4, -0.2) is 34.6 Å². The van der Waals surface area contributed by atoms with E-state index in [0.29, 0.717) is 12.1 Å². The third kappa shape index (κ3) is 3.25. The van der Waals surface area contributed by atoms with Gasteiger partial charge >= 0.3 is 0 Å². The Hall–Kier alpha value is -1.86. The Kier molecular flexibility index (Phi) is 4.34. The van der Waals surface area contributed by atoms with E-state index in [1.54, 1.807) is 24.0 Å². The van der Waals surface area contributed by atoms with Crippen molar-refractivity contribution in [2.75, 3.05) is 6.54 Å². The molecule has 0 spiro atoms. The van der Waals surface area contributed by atoms with E-state index in [9.17, 15) is 15.2 Å². The maximum absolute atomic E-state index is 12.5. The van der Waals surface area contributed by atoms with Crippen LogP contribution in [0.4, 0.5) is 0 Å². The molecule has 1 unspecified atom stereocenters. The van der Waals surface area contributed by atoms with Gasteiger partial charge in [0.2, 0.25) is 0 Å². The minimum absolute atomic E-state index is 0.0284. The molecule has 1 N–H and O–H groups in total. The van der Waals surface area contributed by atoms with Crippen molar-refractivity contribution in [3.8, 4) is 6.07 Å². The molecule has 0 heterocycles. The van der Waals surface area contributed by atoms with Gasteiger partial charge < -0.3 is 10.0 Å². The zero-order valence-electron chi connectivity index (χ0n) is 12.8. The molecule has 4 heteroatoms. The summed E-state index contributed by atoms with van der Waals surface area (Å²) in [4.78, 5) is 14.2. The maximum atomic E-state index is 12.5. The van der Waals surface area contributed by atoms with Gasteiger partial charge in [0.1, 0.15) is 0 Å². The smallest absolute Gasteiger partial charge is 0.254 e. The Balaban J connectivity index is 2.17. The van der Waals surface area contributed by atoms with Crippen LogP contribution in [0.5, 0.6) is 0 Å². The van der Waals surface area contributed by atoms with Crippen LogP contribution < -0.4 is 0 Å². The zero-order valence-corrected chi connectivity index (χ0v) is 12.8. The summed E-state index contributed by atoms with van der Waals surface area (Å²) in [6.07, 6.45) is 1.25. The third-order valence-electron chi connectivity index (χ3n) is 3.99. The first kappa shape index (κ1) is 15.5. The molecular formula is C17H22N2O2. The minimum Gasteiger partial charge on any atom is -0.392 e. The third-order valence-corrected chi connectivity index (χ3v) is 3.99. The molecule has 112 valence electrons. The van der Waals surface area contributed by atoms with E-state index in [-0.39, 0.29) is 17.4 Å². The monoisotopic (exact) mass is 286 g/mol. The zero-order chi connectivity index (χ0) is 15.6. The molecule has 1 aliphatic carbocycles. The molecule has 0 aromatic heterocycles. The van der Waals surface area contributed by atoms with Crippen molar-refractivity contribution in [3.05, 3.63) is 35.4 Å². The van der Waals surface area contributed by atoms with E-state index in [0.717, 1.165) is 18.4 Å². The van der Waals surface area contributed by atoms with Crippen LogP contribution >= 0.6 is 0 Å². The molecule has 1 saturated carbocycles. The molecule has 1 aromatic rings. The van der Waals surface area contributed by atoms with E-state index in [2.05, 4.69) is 6.07 Å². The van der Waals surface area contributed by atoms with Gasteiger partial charge in [-0.05, 0) is 51.3 Å². The van der Waals surface area contributed by atoms with Crippen LogP contribution in [0.1, 0.15) is 49.5 Å². The molecule has 2 rings (SSSR count). The number of aliphatic hydroxyl groups is 1. The Bertz CT molecular complexity index is 551. The fourth-order valence-electron chi connectivity index (χ4n) is 2.50. The lowest BCUT2D eigenvalue weighted by molar-refractivity contribution is 0.0579. The number of carbonyl (C=O) groups excluding carboxylic acids is 1. The van der Waals surface area contributed by atoms with Gasteiger partial charge in [-0.1, -0.05) is 12.1 Å². The Morgan fingerprint density at radius 2 is 1.90 bits per heavy atom. The van der Waals surface area contributed by atoms with Crippen molar-refractivity contribution in [2.24, 2.45) is 0 Å². The lowest BCUT2D eigenvalue weighted by Crippen LogP contribution is -2.41. The summed E-state index contributed by atoms with van der Waals surface area (Å²) in [6, 6.07) is 9.71. The van der Waals surface area contributed by atoms with Gasteiger partial charge in [0, 0.05) is 18.2 Å². The fraction of sp³-hybridized carbons (Fsp3) is 0.529. The number of amides is 1. The highest BCUT2D eigenvalue weighted by Gasteiger charge is 2.44. The maximum Gasteiger partial charge on any atom is 0.254 e. The normalized spacial score (nSPS) is 17.1. The molecule has 0 bridgehead atoms. The molecular weight excluding hydrogens is 264 g/mol. The standard InChI is InChI=1S/C17H22N2O2/c1-12(2)19(10-13(3)20)16(21)14-4-6-15(7-5-14)17(11-18)8-9-17/h4-7,12-13,20H,8-10H2,1-3H3. The molecule has 21 heavy (non-hydrogen) atoms. The van der Waals surface area contributed by atoms with Gasteiger partial charge in [-0.2, -0.15) is 5.26 Å². The van der Waals surface area contributed by atoms with Crippen LogP contribution in [0.3, 0.4) is 0 Å². The van der Waals surface area contributed by atoms with Gasteiger partial charge in [-0.25, -0.2) is 0 Å². The second-order valence-corrected chi connectivity index (χ2v) is 6.17. The van der Waals surface area contributed by atoms with E-state index >= 15 is 0 Å². The summed E-state index contributed by atoms with van der Waals surface area (Å²) in [5, 5.41) is 18.7. The summed E-state index contributed by atoms with van der Waals surface area (Å²) < 4.78 is 0. The molecule has 0 radical (unpaired) electrons. The number of benzene rings is 1. The average molecular weight is 286 g/mol. The van der Waals surface area contributed by atoms with Crippen molar-refractivity contribution < 1.29 is 9.90 Å². The van der Waals surface area contributed by atoms with E-state index in [4.69, 9.17) is 0 Å². The fourth-order valence-corrected chi connectivity index (χ4v) is 2.50. The first-order chi connectivity index (χ1) is 9.89. The molecule has 0 aliphatic heterocycles. The predicted molar refractivity (Wildman–Crippen MR) is 80.8 cm³/mol. The molecule has 1 fully saturated rings. The van der Waals surface area contributed by atoms with Gasteiger partial charge in [0.25, 0.3) is 5.91 Å². The first-order valence-electron chi connectivity index (χ1n) is 7.40. The van der Waals surface area contributed by atoms with Crippen molar-refractivity contribution in [3.63, 3.8) is 0 Å². The van der Waals surface area contributed by atoms with Gasteiger partial charge in [0.15, 0.2) is 0 Å². The molecule has 1 atom stereocenters. The number of rotatable bonds is 5. The topological polar surface area (TPSA) is 64.3 Å². The quantitative estimate of drug-likeness (QED) is 0.904. The van der Waals surface area contributed by atoms with Crippen LogP contribution in [0.25, 0.3) is 0 Å². The lowest BCUT2D eigenvalue weighted by atomic mass is 9.96. The Morgan fingerprint density at radius 1 is 1.33 bits per heavy atom. The molecule has 1 amide bonds. The number of hydrogen-bond donors (Lipinski definition) is 1. The van der Waals surface area contributed by atoms with Crippen molar-refractivity contribution in [1.29, 1.82) is 5.26 Å². The van der Waals surface area contributed by atoms with Crippen LogP contribution in [0.2, 0.25) is 0 Å². The highest BCUT2D eigenvalue weighted by molar-refractivity contribution is 5.94. The molecule has 0 saturated heterocycles. The van der Waals surface area contributed by atoms with Crippen molar-refractivity contribution >= 4 is 5.91 Å². The number of nitriles is 1. The average Bonchev–Trinajstić information content (AvgIpc) is 3.25. The summed E-state index contributed by atoms with van der Waals surface area (Å²) in [7, 11) is 0. The predicted octanol–water partition coefficient (Wildman–Crippen LogP) is 2.47. The van der Waals surface area contributed by atoms with Crippen molar-refractivity contribution in [1.82, 2.24) is 4.90 Å². The van der Waals surface area contributed by atoms with Gasteiger partial charge in [-0.3, -0.25) is 4.79 Å². The second kappa shape index (κ2) is 5.87. The summed E-state index contributed by atoms with van der Waals surface area (Å²) in [5.41, 5.74) is 1.27. The number of hydrogen-bond acceptors (Lipinski definition) is 3. The number of carbonyl (C=O) groups is 1. The summed E-state index contributed by atoms with van der Waals surface area (Å²) in [5.74, 6) is -0.0840. The molecule has 4 nitrogen and oxygen atoms in total. The van der Waals surface area contributed by atoms with Crippen molar-refractivity contribution in [2.45, 2.75) is 51.2 Å². The number of nitrogens with zero attached hydrogens (tertiary/aromatic N) is 2. The Labute approximate surface area is 126 Å². The van der Waals surface area contributed by atoms with E-state index < -0.39 is 6.10 Å². The SMILES string of the molecule is CC(O)CN(C(=O)c1ccc(C2(C#N)CC2)cc1)C(C)C. The minimum atomic E-state index is -0.552. The molecule has 1 aliphatic rings.